The summed E-state index contributed by atoms with van der Waals surface area (Å²) in [6.07, 6.45) is 4.69. The number of rotatable bonds is 4. The van der Waals surface area contributed by atoms with Crippen molar-refractivity contribution in [1.29, 1.82) is 0 Å². The molecule has 0 aromatic rings. The fourth-order valence-corrected chi connectivity index (χ4v) is 1.91. The highest BCUT2D eigenvalue weighted by Gasteiger charge is 2.14. The molecule has 0 bridgehead atoms. The Kier molecular flexibility index (Phi) is 4.43. The third-order valence-corrected chi connectivity index (χ3v) is 3.41. The second-order valence-electron chi connectivity index (χ2n) is 2.84. The second kappa shape index (κ2) is 4.33. The number of hydrogen-bond donors (Lipinski definition) is 2. The van der Waals surface area contributed by atoms with Crippen LogP contribution >= 0.6 is 23.3 Å². The van der Waals surface area contributed by atoms with Crippen molar-refractivity contribution in [2.45, 2.75) is 12.5 Å². The quantitative estimate of drug-likeness (QED) is 0.780. The predicted octanol–water partition coefficient (Wildman–Crippen LogP) is 1.16. The molecule has 0 aromatic heterocycles. The van der Waals surface area contributed by atoms with Crippen LogP contribution < -0.4 is 5.73 Å². The minimum atomic E-state index is -0.916. The van der Waals surface area contributed by atoms with E-state index in [4.69, 9.17) is 10.8 Å². The predicted molar refractivity (Wildman–Crippen MR) is 53.5 cm³/mol. The molecule has 0 radical (unpaired) electrons. The van der Waals surface area contributed by atoms with Gasteiger partial charge in [-0.2, -0.15) is 8.46 Å². The zero-order valence-corrected chi connectivity index (χ0v) is 9.11. The Balaban J connectivity index is 3.63. The van der Waals surface area contributed by atoms with Crippen LogP contribution in [0.1, 0.15) is 6.42 Å². The molecule has 5 heteroatoms. The number of carboxylic acids is 1. The highest BCUT2D eigenvalue weighted by molar-refractivity contribution is 9.58. The molecule has 0 aliphatic carbocycles. The fraction of sp³-hybridized carbons (Fsp3) is 0.833. The first-order chi connectivity index (χ1) is 4.83. The molecule has 0 heterocycles. The Morgan fingerprint density at radius 2 is 2.18 bits per heavy atom. The number of carboxylic acid groups (broad SMARTS) is 1. The van der Waals surface area contributed by atoms with Gasteiger partial charge in [0.15, 0.2) is 0 Å². The van der Waals surface area contributed by atoms with Crippen LogP contribution in [0.2, 0.25) is 0 Å². The molecule has 0 saturated carbocycles. The van der Waals surface area contributed by atoms with Crippen LogP contribution in [-0.2, 0) is 4.79 Å². The van der Waals surface area contributed by atoms with Gasteiger partial charge in [0.05, 0.1) is 0 Å². The molecule has 0 aliphatic heterocycles. The van der Waals surface area contributed by atoms with Crippen molar-refractivity contribution in [2.24, 2.45) is 5.73 Å². The van der Waals surface area contributed by atoms with E-state index < -0.39 is 20.5 Å². The summed E-state index contributed by atoms with van der Waals surface area (Å²) in [7, 11) is -0.784. The highest BCUT2D eigenvalue weighted by Crippen LogP contribution is 2.48. The summed E-state index contributed by atoms with van der Waals surface area (Å²) in [5.41, 5.74) is 5.32. The van der Waals surface area contributed by atoms with E-state index in [1.165, 1.54) is 0 Å². The molecule has 1 atom stereocenters. The fourth-order valence-electron chi connectivity index (χ4n) is 0.531. The topological polar surface area (TPSA) is 63.3 Å². The van der Waals surface area contributed by atoms with Crippen molar-refractivity contribution < 1.29 is 9.90 Å². The lowest BCUT2D eigenvalue weighted by Crippen LogP contribution is -2.31. The molecule has 3 nitrogen and oxygen atoms in total. The van der Waals surface area contributed by atoms with E-state index >= 15 is 0 Å². The van der Waals surface area contributed by atoms with E-state index in [0.29, 0.717) is 6.42 Å². The SMILES string of the molecule is CS(C)(Br)CC[C@H](N)C(=O)O. The van der Waals surface area contributed by atoms with Gasteiger partial charge in [0.2, 0.25) is 0 Å². The van der Waals surface area contributed by atoms with Crippen LogP contribution in [-0.4, -0.2) is 35.4 Å². The van der Waals surface area contributed by atoms with Gasteiger partial charge < -0.3 is 10.8 Å². The van der Waals surface area contributed by atoms with Gasteiger partial charge in [-0.25, -0.2) is 0 Å². The molecule has 0 amide bonds. The maximum Gasteiger partial charge on any atom is 0.320 e. The van der Waals surface area contributed by atoms with Gasteiger partial charge in [-0.15, -0.1) is 0 Å². The number of halogens is 1. The summed E-state index contributed by atoms with van der Waals surface area (Å²) in [5.74, 6) is -0.0679. The first kappa shape index (κ1) is 11.3. The minimum Gasteiger partial charge on any atom is -0.480 e. The molecule has 0 spiro atoms. The Hall–Kier alpha value is 0.260. The number of nitrogens with two attached hydrogens (primary N) is 1. The number of hydrogen-bond acceptors (Lipinski definition) is 2. The van der Waals surface area contributed by atoms with Crippen LogP contribution in [0.15, 0.2) is 0 Å². The third-order valence-electron chi connectivity index (χ3n) is 1.23. The number of carbonyl (C=O) groups is 1. The molecule has 0 aliphatic rings. The Morgan fingerprint density at radius 3 is 2.45 bits per heavy atom. The summed E-state index contributed by atoms with van der Waals surface area (Å²) in [4.78, 5) is 10.3. The zero-order chi connectivity index (χ0) is 9.07. The van der Waals surface area contributed by atoms with Crippen molar-refractivity contribution in [3.8, 4) is 0 Å². The Bertz CT molecular complexity index is 146. The van der Waals surface area contributed by atoms with E-state index in [9.17, 15) is 4.79 Å². The van der Waals surface area contributed by atoms with Crippen molar-refractivity contribution in [3.05, 3.63) is 0 Å². The largest absolute Gasteiger partial charge is 0.480 e. The maximum absolute atomic E-state index is 10.3. The normalized spacial score (nSPS) is 16.0. The lowest BCUT2D eigenvalue weighted by Gasteiger charge is -2.22. The molecule has 0 rings (SSSR count). The standard InChI is InChI=1S/C6H14BrNO2S/c1-11(2,7)4-3-5(8)6(9)10/h5H,3-4,8H2,1-2H3,(H,9,10)/t5-/m0/s1. The molecular weight excluding hydrogens is 230 g/mol. The molecule has 3 N–H and O–H groups in total. The van der Waals surface area contributed by atoms with Gasteiger partial charge in [-0.3, -0.25) is 4.79 Å². The second-order valence-corrected chi connectivity index (χ2v) is 11.3. The van der Waals surface area contributed by atoms with Gasteiger partial charge in [-0.1, -0.05) is 0 Å². The van der Waals surface area contributed by atoms with Crippen LogP contribution in [0.3, 0.4) is 0 Å². The number of aliphatic carboxylic acids is 1. The Morgan fingerprint density at radius 1 is 1.73 bits per heavy atom. The highest BCUT2D eigenvalue weighted by atomic mass is 79.9. The molecule has 0 aromatic carbocycles. The van der Waals surface area contributed by atoms with Crippen LogP contribution in [0.25, 0.3) is 0 Å². The average molecular weight is 244 g/mol. The molecule has 0 unspecified atom stereocenters. The van der Waals surface area contributed by atoms with E-state index in [2.05, 4.69) is 27.3 Å². The summed E-state index contributed by atoms with van der Waals surface area (Å²) in [5, 5.41) is 8.45. The Labute approximate surface area is 75.9 Å². The lowest BCUT2D eigenvalue weighted by molar-refractivity contribution is -0.138. The summed E-state index contributed by atoms with van der Waals surface area (Å²) in [6.45, 7) is 0. The monoisotopic (exact) mass is 243 g/mol. The van der Waals surface area contributed by atoms with Crippen molar-refractivity contribution in [1.82, 2.24) is 0 Å². The van der Waals surface area contributed by atoms with E-state index in [0.717, 1.165) is 5.75 Å². The smallest absolute Gasteiger partial charge is 0.320 e. The van der Waals surface area contributed by atoms with Crippen molar-refractivity contribution in [3.63, 3.8) is 0 Å². The van der Waals surface area contributed by atoms with Gasteiger partial charge in [0.25, 0.3) is 0 Å². The van der Waals surface area contributed by atoms with Gasteiger partial charge >= 0.3 is 5.97 Å². The summed E-state index contributed by atoms with van der Waals surface area (Å²) < 4.78 is 0. The van der Waals surface area contributed by atoms with E-state index in [1.54, 1.807) is 0 Å². The summed E-state index contributed by atoms with van der Waals surface area (Å²) >= 11 is 3.49. The van der Waals surface area contributed by atoms with Crippen LogP contribution in [0.4, 0.5) is 0 Å². The van der Waals surface area contributed by atoms with Crippen LogP contribution in [0.5, 0.6) is 0 Å². The molecule has 68 valence electrons. The summed E-state index contributed by atoms with van der Waals surface area (Å²) in [6, 6.07) is -0.709. The van der Waals surface area contributed by atoms with Gasteiger partial charge in [-0.05, 0) is 39.5 Å². The van der Waals surface area contributed by atoms with Crippen molar-refractivity contribution in [2.75, 3.05) is 18.3 Å². The van der Waals surface area contributed by atoms with Gasteiger partial charge in [0.1, 0.15) is 6.04 Å². The molecular formula is C6H14BrNO2S. The first-order valence-electron chi connectivity index (χ1n) is 3.22. The van der Waals surface area contributed by atoms with E-state index in [-0.39, 0.29) is 0 Å². The maximum atomic E-state index is 10.3. The molecule has 11 heavy (non-hydrogen) atoms. The molecule has 0 saturated heterocycles. The van der Waals surface area contributed by atoms with Crippen molar-refractivity contribution >= 4 is 29.2 Å². The molecule has 0 fully saturated rings. The lowest BCUT2D eigenvalue weighted by atomic mass is 10.2. The van der Waals surface area contributed by atoms with Crippen LogP contribution in [0, 0.1) is 0 Å². The van der Waals surface area contributed by atoms with E-state index in [1.807, 2.05) is 0 Å². The first-order valence-corrected chi connectivity index (χ1v) is 7.68. The zero-order valence-electron chi connectivity index (χ0n) is 6.71. The average Bonchev–Trinajstić information content (AvgIpc) is 1.80. The third kappa shape index (κ3) is 6.65. The minimum absolute atomic E-state index is 0.545. The van der Waals surface area contributed by atoms with Gasteiger partial charge in [0, 0.05) is 0 Å².